The molecule has 0 radical (unpaired) electrons. The molecule has 2 heteroatoms. The van der Waals surface area contributed by atoms with Gasteiger partial charge in [0.25, 0.3) is 0 Å². The molecule has 14 heavy (non-hydrogen) atoms. The summed E-state index contributed by atoms with van der Waals surface area (Å²) in [4.78, 5) is 0. The Kier molecular flexibility index (Phi) is 3.53. The monoisotopic (exact) mass is 193 g/mol. The lowest BCUT2D eigenvalue weighted by Gasteiger charge is -2.25. The lowest BCUT2D eigenvalue weighted by atomic mass is 9.89. The Morgan fingerprint density at radius 2 is 2.00 bits per heavy atom. The molecule has 0 aromatic heterocycles. The largest absolute Gasteiger partial charge is 0.398 e. The Hall–Kier alpha value is -1.02. The van der Waals surface area contributed by atoms with Crippen molar-refractivity contribution < 1.29 is 5.11 Å². The highest BCUT2D eigenvalue weighted by Gasteiger charge is 2.23. The zero-order valence-electron chi connectivity index (χ0n) is 8.96. The van der Waals surface area contributed by atoms with Crippen LogP contribution in [0.4, 0.5) is 5.69 Å². The van der Waals surface area contributed by atoms with E-state index in [-0.39, 0.29) is 0 Å². The van der Waals surface area contributed by atoms with Crippen LogP contribution in [0, 0.1) is 0 Å². The van der Waals surface area contributed by atoms with E-state index in [0.29, 0.717) is 5.69 Å². The van der Waals surface area contributed by atoms with E-state index < -0.39 is 5.60 Å². The zero-order chi connectivity index (χ0) is 10.6. The van der Waals surface area contributed by atoms with Crippen LogP contribution in [-0.4, -0.2) is 5.11 Å². The van der Waals surface area contributed by atoms with Gasteiger partial charge in [0.2, 0.25) is 0 Å². The molecule has 0 saturated carbocycles. The van der Waals surface area contributed by atoms with E-state index in [1.165, 1.54) is 0 Å². The fraction of sp³-hybridized carbons (Fsp3) is 0.500. The lowest BCUT2D eigenvalue weighted by molar-refractivity contribution is 0.0461. The van der Waals surface area contributed by atoms with E-state index in [2.05, 4.69) is 6.92 Å². The Balaban J connectivity index is 2.86. The molecule has 0 aliphatic carbocycles. The summed E-state index contributed by atoms with van der Waals surface area (Å²) in [6, 6.07) is 7.52. The van der Waals surface area contributed by atoms with Crippen molar-refractivity contribution in [3.63, 3.8) is 0 Å². The van der Waals surface area contributed by atoms with Gasteiger partial charge in [-0.15, -0.1) is 0 Å². The molecule has 0 aliphatic heterocycles. The van der Waals surface area contributed by atoms with E-state index in [4.69, 9.17) is 5.73 Å². The first-order valence-corrected chi connectivity index (χ1v) is 5.15. The quantitative estimate of drug-likeness (QED) is 0.722. The maximum atomic E-state index is 10.2. The summed E-state index contributed by atoms with van der Waals surface area (Å²) in [5, 5.41) is 10.2. The van der Waals surface area contributed by atoms with Crippen molar-refractivity contribution in [2.75, 3.05) is 5.73 Å². The molecule has 0 fully saturated rings. The zero-order valence-corrected chi connectivity index (χ0v) is 8.96. The average molecular weight is 193 g/mol. The Morgan fingerprint density at radius 1 is 1.36 bits per heavy atom. The molecule has 1 aromatic carbocycles. The third-order valence-electron chi connectivity index (χ3n) is 2.56. The first-order chi connectivity index (χ1) is 6.58. The normalized spacial score (nSPS) is 15.1. The number of benzene rings is 1. The summed E-state index contributed by atoms with van der Waals surface area (Å²) in [6.07, 6.45) is 2.86. The Labute approximate surface area is 85.8 Å². The summed E-state index contributed by atoms with van der Waals surface area (Å²) < 4.78 is 0. The molecule has 78 valence electrons. The highest BCUT2D eigenvalue weighted by atomic mass is 16.3. The molecule has 0 amide bonds. The van der Waals surface area contributed by atoms with Gasteiger partial charge in [-0.05, 0) is 19.4 Å². The van der Waals surface area contributed by atoms with Gasteiger partial charge in [0.1, 0.15) is 0 Å². The highest BCUT2D eigenvalue weighted by Crippen LogP contribution is 2.30. The van der Waals surface area contributed by atoms with Crippen LogP contribution in [-0.2, 0) is 5.60 Å². The number of hydrogen-bond donors (Lipinski definition) is 2. The molecule has 1 aromatic rings. The van der Waals surface area contributed by atoms with Gasteiger partial charge in [-0.1, -0.05) is 38.0 Å². The summed E-state index contributed by atoms with van der Waals surface area (Å²) in [6.45, 7) is 3.94. The average Bonchev–Trinajstić information content (AvgIpc) is 2.15. The number of rotatable bonds is 4. The van der Waals surface area contributed by atoms with Gasteiger partial charge in [-0.3, -0.25) is 0 Å². The number of anilines is 1. The fourth-order valence-corrected chi connectivity index (χ4v) is 1.64. The van der Waals surface area contributed by atoms with Crippen LogP contribution < -0.4 is 5.73 Å². The van der Waals surface area contributed by atoms with Crippen molar-refractivity contribution in [1.82, 2.24) is 0 Å². The first kappa shape index (κ1) is 11.1. The maximum Gasteiger partial charge on any atom is 0.0888 e. The first-order valence-electron chi connectivity index (χ1n) is 5.15. The van der Waals surface area contributed by atoms with Crippen molar-refractivity contribution in [1.29, 1.82) is 0 Å². The van der Waals surface area contributed by atoms with Crippen molar-refractivity contribution in [3.8, 4) is 0 Å². The van der Waals surface area contributed by atoms with E-state index in [9.17, 15) is 5.11 Å². The van der Waals surface area contributed by atoms with E-state index in [0.717, 1.165) is 24.8 Å². The number of nitrogens with two attached hydrogens (primary N) is 1. The van der Waals surface area contributed by atoms with E-state index >= 15 is 0 Å². The molecule has 0 spiro atoms. The number of nitrogen functional groups attached to an aromatic ring is 1. The lowest BCUT2D eigenvalue weighted by Crippen LogP contribution is -2.22. The topological polar surface area (TPSA) is 46.2 Å². The summed E-state index contributed by atoms with van der Waals surface area (Å²) in [5.74, 6) is 0. The molecule has 1 unspecified atom stereocenters. The van der Waals surface area contributed by atoms with Crippen molar-refractivity contribution in [3.05, 3.63) is 29.8 Å². The SMILES string of the molecule is CCCCC(C)(O)c1ccccc1N. The molecule has 0 bridgehead atoms. The predicted octanol–water partition coefficient (Wildman–Crippen LogP) is 2.67. The van der Waals surface area contributed by atoms with Gasteiger partial charge >= 0.3 is 0 Å². The van der Waals surface area contributed by atoms with Gasteiger partial charge in [0, 0.05) is 11.3 Å². The van der Waals surface area contributed by atoms with E-state index in [1.807, 2.05) is 31.2 Å². The van der Waals surface area contributed by atoms with Crippen LogP contribution in [0.5, 0.6) is 0 Å². The van der Waals surface area contributed by atoms with Gasteiger partial charge < -0.3 is 10.8 Å². The molecule has 2 nitrogen and oxygen atoms in total. The summed E-state index contributed by atoms with van der Waals surface area (Å²) >= 11 is 0. The van der Waals surface area contributed by atoms with Crippen molar-refractivity contribution in [2.24, 2.45) is 0 Å². The molecule has 3 N–H and O–H groups in total. The molecule has 0 saturated heterocycles. The van der Waals surface area contributed by atoms with Crippen LogP contribution in [0.1, 0.15) is 38.7 Å². The Morgan fingerprint density at radius 3 is 2.57 bits per heavy atom. The fourth-order valence-electron chi connectivity index (χ4n) is 1.64. The predicted molar refractivity (Wildman–Crippen MR) is 60.0 cm³/mol. The summed E-state index contributed by atoms with van der Waals surface area (Å²) in [7, 11) is 0. The molecule has 0 heterocycles. The third kappa shape index (κ3) is 2.48. The highest BCUT2D eigenvalue weighted by molar-refractivity contribution is 5.49. The van der Waals surface area contributed by atoms with Crippen LogP contribution in [0.25, 0.3) is 0 Å². The minimum Gasteiger partial charge on any atom is -0.398 e. The maximum absolute atomic E-state index is 10.2. The Bertz CT molecular complexity index is 294. The molecule has 1 rings (SSSR count). The van der Waals surface area contributed by atoms with Crippen molar-refractivity contribution >= 4 is 5.69 Å². The number of para-hydroxylation sites is 1. The second-order valence-electron chi connectivity index (χ2n) is 3.96. The van der Waals surface area contributed by atoms with Crippen LogP contribution >= 0.6 is 0 Å². The minimum absolute atomic E-state index is 0.675. The number of hydrogen-bond acceptors (Lipinski definition) is 2. The number of aliphatic hydroxyl groups is 1. The van der Waals surface area contributed by atoms with Crippen LogP contribution in [0.3, 0.4) is 0 Å². The smallest absolute Gasteiger partial charge is 0.0888 e. The third-order valence-corrected chi connectivity index (χ3v) is 2.56. The molecule has 1 atom stereocenters. The van der Waals surface area contributed by atoms with E-state index in [1.54, 1.807) is 0 Å². The minimum atomic E-state index is -0.790. The van der Waals surface area contributed by atoms with Gasteiger partial charge in [-0.2, -0.15) is 0 Å². The molecule has 0 aliphatic rings. The molecular formula is C12H19NO. The second kappa shape index (κ2) is 4.47. The van der Waals surface area contributed by atoms with Crippen LogP contribution in [0.15, 0.2) is 24.3 Å². The van der Waals surface area contributed by atoms with Crippen LogP contribution in [0.2, 0.25) is 0 Å². The second-order valence-corrected chi connectivity index (χ2v) is 3.96. The van der Waals surface area contributed by atoms with Gasteiger partial charge in [-0.25, -0.2) is 0 Å². The van der Waals surface area contributed by atoms with Gasteiger partial charge in [0.15, 0.2) is 0 Å². The standard InChI is InChI=1S/C12H19NO/c1-3-4-9-12(2,14)10-7-5-6-8-11(10)13/h5-8,14H,3-4,9,13H2,1-2H3. The van der Waals surface area contributed by atoms with Crippen molar-refractivity contribution in [2.45, 2.75) is 38.7 Å². The number of unbranched alkanes of at least 4 members (excludes halogenated alkanes) is 1. The summed E-state index contributed by atoms with van der Waals surface area (Å²) in [5.41, 5.74) is 6.54. The molecular weight excluding hydrogens is 174 g/mol. The van der Waals surface area contributed by atoms with Gasteiger partial charge in [0.05, 0.1) is 5.60 Å².